The molecule has 0 aliphatic carbocycles. The van der Waals surface area contributed by atoms with Crippen molar-refractivity contribution in [3.05, 3.63) is 29.0 Å². The number of carbonyl (C=O) groups is 1. The van der Waals surface area contributed by atoms with Gasteiger partial charge in [0.25, 0.3) is 0 Å². The van der Waals surface area contributed by atoms with E-state index in [4.69, 9.17) is 21.4 Å². The standard InChI is InChI=1S/C11H8ClNO5/c1-17-7-3-2-5(12)9(10(7)14)6-4-8(11(15)16)18-13-6/h2-4,14H,1H3,(H,15,16). The number of aromatic nitrogens is 1. The Hall–Kier alpha value is -2.21. The highest BCUT2D eigenvalue weighted by atomic mass is 35.5. The van der Waals surface area contributed by atoms with Crippen LogP contribution in [-0.4, -0.2) is 28.4 Å². The zero-order valence-electron chi connectivity index (χ0n) is 9.18. The first kappa shape index (κ1) is 12.3. The van der Waals surface area contributed by atoms with Gasteiger partial charge in [-0.15, -0.1) is 0 Å². The van der Waals surface area contributed by atoms with E-state index >= 15 is 0 Å². The van der Waals surface area contributed by atoms with Crippen molar-refractivity contribution < 1.29 is 24.3 Å². The summed E-state index contributed by atoms with van der Waals surface area (Å²) in [5, 5.41) is 22.4. The van der Waals surface area contributed by atoms with Gasteiger partial charge in [-0.2, -0.15) is 0 Å². The normalized spacial score (nSPS) is 10.3. The molecule has 1 heterocycles. The quantitative estimate of drug-likeness (QED) is 0.889. The smallest absolute Gasteiger partial charge is 0.374 e. The fraction of sp³-hybridized carbons (Fsp3) is 0.0909. The molecule has 0 unspecified atom stereocenters. The number of hydrogen-bond acceptors (Lipinski definition) is 5. The van der Waals surface area contributed by atoms with Crippen molar-refractivity contribution in [2.45, 2.75) is 0 Å². The second kappa shape index (κ2) is 4.58. The van der Waals surface area contributed by atoms with E-state index in [-0.39, 0.29) is 33.5 Å². The fourth-order valence-corrected chi connectivity index (χ4v) is 1.70. The third-order valence-corrected chi connectivity index (χ3v) is 2.60. The van der Waals surface area contributed by atoms with Gasteiger partial charge in [-0.05, 0) is 12.1 Å². The molecular weight excluding hydrogens is 262 g/mol. The molecule has 0 aliphatic rings. The monoisotopic (exact) mass is 269 g/mol. The first-order chi connectivity index (χ1) is 8.54. The summed E-state index contributed by atoms with van der Waals surface area (Å²) in [4.78, 5) is 10.7. The Labute approximate surface area is 106 Å². The molecule has 0 saturated carbocycles. The summed E-state index contributed by atoms with van der Waals surface area (Å²) in [6.45, 7) is 0. The minimum absolute atomic E-state index is 0.119. The predicted molar refractivity (Wildman–Crippen MR) is 62.1 cm³/mol. The van der Waals surface area contributed by atoms with Crippen LogP contribution in [0.15, 0.2) is 22.7 Å². The number of hydrogen-bond donors (Lipinski definition) is 2. The Bertz CT molecular complexity index is 607. The summed E-state index contributed by atoms with van der Waals surface area (Å²) in [5.41, 5.74) is 0.279. The second-order valence-corrected chi connectivity index (χ2v) is 3.76. The highest BCUT2D eigenvalue weighted by Gasteiger charge is 2.19. The molecule has 18 heavy (non-hydrogen) atoms. The van der Waals surface area contributed by atoms with Crippen molar-refractivity contribution in [3.8, 4) is 22.8 Å². The molecule has 0 fully saturated rings. The van der Waals surface area contributed by atoms with Gasteiger partial charge in [-0.25, -0.2) is 4.79 Å². The molecule has 94 valence electrons. The summed E-state index contributed by atoms with van der Waals surface area (Å²) in [5.74, 6) is -1.62. The lowest BCUT2D eigenvalue weighted by atomic mass is 10.1. The molecule has 6 nitrogen and oxygen atoms in total. The van der Waals surface area contributed by atoms with Crippen molar-refractivity contribution >= 4 is 17.6 Å². The van der Waals surface area contributed by atoms with E-state index in [2.05, 4.69) is 9.68 Å². The predicted octanol–water partition coefficient (Wildman–Crippen LogP) is 2.41. The SMILES string of the molecule is COc1ccc(Cl)c(-c2cc(C(=O)O)on2)c1O. The van der Waals surface area contributed by atoms with Crippen LogP contribution < -0.4 is 4.74 Å². The number of carboxylic acid groups (broad SMARTS) is 1. The molecule has 0 radical (unpaired) electrons. The molecule has 0 atom stereocenters. The van der Waals surface area contributed by atoms with Crippen LogP contribution in [0.2, 0.25) is 5.02 Å². The van der Waals surface area contributed by atoms with E-state index in [1.807, 2.05) is 0 Å². The van der Waals surface area contributed by atoms with E-state index in [1.54, 1.807) is 0 Å². The summed E-state index contributed by atoms with van der Waals surface area (Å²) in [6, 6.07) is 4.16. The van der Waals surface area contributed by atoms with Gasteiger partial charge in [-0.1, -0.05) is 16.8 Å². The van der Waals surface area contributed by atoms with Gasteiger partial charge < -0.3 is 19.5 Å². The number of benzene rings is 1. The topological polar surface area (TPSA) is 92.8 Å². The van der Waals surface area contributed by atoms with Crippen LogP contribution >= 0.6 is 11.6 Å². The summed E-state index contributed by atoms with van der Waals surface area (Å²) < 4.78 is 9.54. The lowest BCUT2D eigenvalue weighted by molar-refractivity contribution is 0.0652. The summed E-state index contributed by atoms with van der Waals surface area (Å²) in [7, 11) is 1.39. The van der Waals surface area contributed by atoms with Crippen LogP contribution in [0.25, 0.3) is 11.3 Å². The molecule has 1 aromatic heterocycles. The van der Waals surface area contributed by atoms with Crippen molar-refractivity contribution in [2.24, 2.45) is 0 Å². The molecule has 1 aromatic carbocycles. The maximum atomic E-state index is 10.7. The molecular formula is C11H8ClNO5. The van der Waals surface area contributed by atoms with Crippen LogP contribution in [0.1, 0.15) is 10.6 Å². The molecule has 0 saturated heterocycles. The number of halogens is 1. The highest BCUT2D eigenvalue weighted by Crippen LogP contribution is 2.41. The average Bonchev–Trinajstić information content (AvgIpc) is 2.79. The van der Waals surface area contributed by atoms with E-state index in [1.165, 1.54) is 25.3 Å². The van der Waals surface area contributed by atoms with Crippen molar-refractivity contribution in [2.75, 3.05) is 7.11 Å². The van der Waals surface area contributed by atoms with Crippen LogP contribution in [-0.2, 0) is 0 Å². The summed E-state index contributed by atoms with van der Waals surface area (Å²) in [6.07, 6.45) is 0. The lowest BCUT2D eigenvalue weighted by Gasteiger charge is -2.08. The zero-order chi connectivity index (χ0) is 13.3. The van der Waals surface area contributed by atoms with Gasteiger partial charge in [-0.3, -0.25) is 0 Å². The second-order valence-electron chi connectivity index (χ2n) is 3.35. The number of phenolic OH excluding ortho intramolecular Hbond substituents is 1. The van der Waals surface area contributed by atoms with Gasteiger partial charge in [0.2, 0.25) is 5.76 Å². The van der Waals surface area contributed by atoms with Crippen LogP contribution in [0, 0.1) is 0 Å². The highest BCUT2D eigenvalue weighted by molar-refractivity contribution is 6.33. The third kappa shape index (κ3) is 1.98. The van der Waals surface area contributed by atoms with Gasteiger partial charge >= 0.3 is 5.97 Å². The largest absolute Gasteiger partial charge is 0.504 e. The number of aromatic hydroxyl groups is 1. The number of nitrogens with zero attached hydrogens (tertiary/aromatic N) is 1. The van der Waals surface area contributed by atoms with E-state index in [0.29, 0.717) is 0 Å². The number of aromatic carboxylic acids is 1. The maximum Gasteiger partial charge on any atom is 0.374 e. The van der Waals surface area contributed by atoms with Gasteiger partial charge in [0.05, 0.1) is 17.7 Å². The Morgan fingerprint density at radius 3 is 2.78 bits per heavy atom. The maximum absolute atomic E-state index is 10.7. The van der Waals surface area contributed by atoms with Crippen LogP contribution in [0.3, 0.4) is 0 Å². The first-order valence-electron chi connectivity index (χ1n) is 4.80. The zero-order valence-corrected chi connectivity index (χ0v) is 9.93. The number of rotatable bonds is 3. The van der Waals surface area contributed by atoms with Crippen molar-refractivity contribution in [1.82, 2.24) is 5.16 Å². The Morgan fingerprint density at radius 2 is 2.22 bits per heavy atom. The van der Waals surface area contributed by atoms with Gasteiger partial charge in [0.1, 0.15) is 5.69 Å². The van der Waals surface area contributed by atoms with Crippen LogP contribution in [0.4, 0.5) is 0 Å². The van der Waals surface area contributed by atoms with E-state index in [9.17, 15) is 9.90 Å². The lowest BCUT2D eigenvalue weighted by Crippen LogP contribution is -1.91. The van der Waals surface area contributed by atoms with E-state index in [0.717, 1.165) is 0 Å². The average molecular weight is 270 g/mol. The number of ether oxygens (including phenoxy) is 1. The van der Waals surface area contributed by atoms with Gasteiger partial charge in [0, 0.05) is 6.07 Å². The first-order valence-corrected chi connectivity index (χ1v) is 5.18. The molecule has 2 N–H and O–H groups in total. The molecule has 2 rings (SSSR count). The molecule has 7 heteroatoms. The molecule has 0 amide bonds. The minimum Gasteiger partial charge on any atom is -0.504 e. The molecule has 0 bridgehead atoms. The third-order valence-electron chi connectivity index (χ3n) is 2.29. The minimum atomic E-state index is -1.26. The van der Waals surface area contributed by atoms with Gasteiger partial charge in [0.15, 0.2) is 11.5 Å². The van der Waals surface area contributed by atoms with Crippen LogP contribution in [0.5, 0.6) is 11.5 Å². The number of methoxy groups -OCH3 is 1. The Balaban J connectivity index is 2.58. The molecule has 0 aliphatic heterocycles. The fourth-order valence-electron chi connectivity index (χ4n) is 1.45. The molecule has 0 spiro atoms. The van der Waals surface area contributed by atoms with Crippen molar-refractivity contribution in [3.63, 3.8) is 0 Å². The Morgan fingerprint density at radius 1 is 1.50 bits per heavy atom. The Kier molecular flexibility index (Phi) is 3.12. The number of phenols is 1. The van der Waals surface area contributed by atoms with Crippen molar-refractivity contribution in [1.29, 1.82) is 0 Å². The number of carboxylic acids is 1. The summed E-state index contributed by atoms with van der Waals surface area (Å²) >= 11 is 5.94. The molecule has 2 aromatic rings. The van der Waals surface area contributed by atoms with E-state index < -0.39 is 5.97 Å².